The number of hydrogen-bond acceptors (Lipinski definition) is 24. The number of aryl methyl sites for hydroxylation is 5. The van der Waals surface area contributed by atoms with Crippen molar-refractivity contribution in [2.75, 3.05) is 14.5 Å². The molecule has 4 aliphatic carbocycles. The fourth-order valence-electron chi connectivity index (χ4n) is 12.2. The highest BCUT2D eigenvalue weighted by molar-refractivity contribution is 14.3. The number of aromatic nitrogens is 26. The summed E-state index contributed by atoms with van der Waals surface area (Å²) in [6.07, 6.45) is 28.0. The second kappa shape index (κ2) is 40.5. The molecule has 602 valence electrons. The van der Waals surface area contributed by atoms with E-state index in [4.69, 9.17) is 9.72 Å². The van der Waals surface area contributed by atoms with Gasteiger partial charge in [-0.15, -0.1) is 31.7 Å². The molecule has 0 radical (unpaired) electrons. The highest BCUT2D eigenvalue weighted by Crippen LogP contribution is 2.43. The van der Waals surface area contributed by atoms with Crippen LogP contribution in [0, 0.1) is 20.8 Å². The zero-order valence-corrected chi connectivity index (χ0v) is 80.1. The SMILES string of the molecule is C.CI.COC(=O)c1cc(-n2nnnc2C2CC2)c2ncc(Br)n2c1.Cc1ccc(CCC(=O)c2cc(-n3nnnc3C3CC3)c3ncc(-c4ccc(C)s4)n3c2)cn1.Cc1ccc(CCC(=O)c2cc(-n3nnnc3C3CC3)c3ncc(Br)n3c2)cn1.IC(I)I.ICI.O=C(O)c1cc(-n2nnnc2C2CC2)c2ncc(Br)n2c1. The predicted octanol–water partition coefficient (Wildman–Crippen LogP) is 17.7. The third kappa shape index (κ3) is 21.3. The van der Waals surface area contributed by atoms with Gasteiger partial charge in [0.25, 0.3) is 0 Å². The number of ether oxygens (including phenoxy) is 1. The number of tetrazole rings is 4. The number of imidazole rings is 4. The number of aromatic carboxylic acids is 1. The maximum absolute atomic E-state index is 13.3. The molecule has 0 aliphatic heterocycles. The predicted molar refractivity (Wildman–Crippen MR) is 498 cm³/mol. The summed E-state index contributed by atoms with van der Waals surface area (Å²) in [5.41, 5.74) is 12.1. The summed E-state index contributed by atoms with van der Waals surface area (Å²) in [5.74, 6) is 3.31. The summed E-state index contributed by atoms with van der Waals surface area (Å²) in [6.45, 7) is 5.99. The Balaban J connectivity index is 0.000000139. The van der Waals surface area contributed by atoms with E-state index in [0.29, 0.717) is 105 Å². The molecule has 0 spiro atoms. The van der Waals surface area contributed by atoms with Crippen LogP contribution in [0.1, 0.15) is 187 Å². The van der Waals surface area contributed by atoms with E-state index in [2.05, 4.69) is 289 Å². The van der Waals surface area contributed by atoms with Crippen LogP contribution in [-0.2, 0) is 17.6 Å². The van der Waals surface area contributed by atoms with Crippen molar-refractivity contribution in [1.29, 1.82) is 0 Å². The third-order valence-electron chi connectivity index (χ3n) is 18.4. The summed E-state index contributed by atoms with van der Waals surface area (Å²) in [7, 11) is 1.35. The molecule has 15 aromatic rings. The molecule has 4 aliphatic rings. The van der Waals surface area contributed by atoms with Crippen LogP contribution in [0.3, 0.4) is 0 Å². The van der Waals surface area contributed by atoms with Gasteiger partial charge in [-0.2, -0.15) is 18.7 Å². The van der Waals surface area contributed by atoms with Crippen molar-refractivity contribution in [2.24, 2.45) is 0 Å². The van der Waals surface area contributed by atoms with E-state index in [1.54, 1.807) is 75.8 Å². The Labute approximate surface area is 774 Å². The smallest absolute Gasteiger partial charge is 0.339 e. The average molecular weight is 2450 g/mol. The second-order valence-electron chi connectivity index (χ2n) is 26.5. The largest absolute Gasteiger partial charge is 0.478 e. The van der Waals surface area contributed by atoms with Gasteiger partial charge in [-0.05, 0) is 239 Å². The van der Waals surface area contributed by atoms with Crippen molar-refractivity contribution >= 4 is 241 Å². The Kier molecular flexibility index (Phi) is 30.8. The van der Waals surface area contributed by atoms with Crippen LogP contribution in [0.15, 0.2) is 136 Å². The van der Waals surface area contributed by atoms with Crippen LogP contribution in [0.4, 0.5) is 0 Å². The summed E-state index contributed by atoms with van der Waals surface area (Å²) in [5, 5.41) is 57.7. The van der Waals surface area contributed by atoms with Gasteiger partial charge >= 0.3 is 11.9 Å². The summed E-state index contributed by atoms with van der Waals surface area (Å²) in [4.78, 5) is 80.4. The van der Waals surface area contributed by atoms with Gasteiger partial charge < -0.3 is 9.84 Å². The lowest BCUT2D eigenvalue weighted by Crippen LogP contribution is -2.09. The summed E-state index contributed by atoms with van der Waals surface area (Å²) in [6, 6.07) is 19.1. The van der Waals surface area contributed by atoms with Crippen molar-refractivity contribution in [3.63, 3.8) is 0 Å². The Bertz CT molecular complexity index is 5980. The van der Waals surface area contributed by atoms with E-state index in [1.807, 2.05) is 95.0 Å². The first-order valence-corrected chi connectivity index (χ1v) is 47.6. The minimum atomic E-state index is -1.01. The van der Waals surface area contributed by atoms with Crippen molar-refractivity contribution in [1.82, 2.24) is 128 Å². The van der Waals surface area contributed by atoms with E-state index in [1.165, 1.54) is 20.6 Å². The van der Waals surface area contributed by atoms with Crippen molar-refractivity contribution in [3.8, 4) is 33.3 Å². The number of fused-ring (bicyclic) bond motifs is 4. The van der Waals surface area contributed by atoms with Crippen LogP contribution < -0.4 is 0 Å². The number of carbonyl (C=O) groups is 4. The van der Waals surface area contributed by atoms with Crippen molar-refractivity contribution in [2.45, 2.75) is 129 Å². The number of methoxy groups -OCH3 is 1. The minimum Gasteiger partial charge on any atom is -0.478 e. The minimum absolute atomic E-state index is 0. The van der Waals surface area contributed by atoms with E-state index >= 15 is 0 Å². The number of esters is 1. The molecule has 4 fully saturated rings. The van der Waals surface area contributed by atoms with Gasteiger partial charge in [0.1, 0.15) is 36.5 Å². The number of thiophene rings is 1. The monoisotopic (exact) mass is 2450 g/mol. The quantitative estimate of drug-likeness (QED) is 0.0340. The maximum Gasteiger partial charge on any atom is 0.339 e. The molecule has 0 amide bonds. The highest BCUT2D eigenvalue weighted by atomic mass is 127. The van der Waals surface area contributed by atoms with Crippen molar-refractivity contribution in [3.05, 3.63) is 209 Å². The lowest BCUT2D eigenvalue weighted by Gasteiger charge is -2.10. The fraction of sp³-hybridized carbons (Fsp3) is 0.324. The zero-order valence-electron chi connectivity index (χ0n) is 61.6. The molecule has 1 N–H and O–H groups in total. The number of carbonyl (C=O) groups excluding carboxylic acids is 3. The first-order valence-electron chi connectivity index (χ1n) is 35.5. The Morgan fingerprint density at radius 1 is 0.483 bits per heavy atom. The van der Waals surface area contributed by atoms with Crippen LogP contribution in [0.2, 0.25) is 0 Å². The number of alkyl halides is 6. The number of hydrogen-bond donors (Lipinski definition) is 1. The van der Waals surface area contributed by atoms with Gasteiger partial charge in [-0.25, -0.2) is 29.5 Å². The molecule has 15 heterocycles. The number of nitrogens with zero attached hydrogens (tertiary/aromatic N) is 26. The lowest BCUT2D eigenvalue weighted by atomic mass is 10.0. The zero-order chi connectivity index (χ0) is 81.3. The number of pyridine rings is 6. The molecule has 15 aromatic heterocycles. The van der Waals surface area contributed by atoms with Gasteiger partial charge in [0.2, 0.25) is 0 Å². The highest BCUT2D eigenvalue weighted by Gasteiger charge is 2.35. The molecule has 0 unspecified atom stereocenters. The van der Waals surface area contributed by atoms with Crippen LogP contribution >= 0.6 is 195 Å². The number of ketones is 2. The Morgan fingerprint density at radius 2 is 0.810 bits per heavy atom. The Morgan fingerprint density at radius 3 is 1.14 bits per heavy atom. The van der Waals surface area contributed by atoms with Crippen LogP contribution in [0.25, 0.3) is 55.9 Å². The average Bonchev–Trinajstić information content (AvgIpc) is 1.63. The molecular formula is C74H71Br3I6N26O6S. The lowest BCUT2D eigenvalue weighted by molar-refractivity contribution is 0.0598. The number of rotatable bonds is 19. The van der Waals surface area contributed by atoms with E-state index < -0.39 is 11.9 Å². The third-order valence-corrected chi connectivity index (χ3v) is 21.2. The number of halogens is 9. The first kappa shape index (κ1) is 88.4. The number of carboxylic acids is 1. The fourth-order valence-corrected chi connectivity index (χ4v) is 14.2. The first-order chi connectivity index (χ1) is 55.6. The molecule has 116 heavy (non-hydrogen) atoms. The molecule has 42 heteroatoms. The molecule has 0 aromatic carbocycles. The van der Waals surface area contributed by atoms with Gasteiger partial charge in [0.15, 0.2) is 57.5 Å². The van der Waals surface area contributed by atoms with E-state index in [9.17, 15) is 24.3 Å². The van der Waals surface area contributed by atoms with Crippen molar-refractivity contribution < 1.29 is 29.0 Å². The van der Waals surface area contributed by atoms with Gasteiger partial charge in [0, 0.05) is 101 Å². The second-order valence-corrected chi connectivity index (χ2v) is 45.6. The topological polar surface area (TPSA) is 367 Å². The van der Waals surface area contributed by atoms with Gasteiger partial charge in [-0.3, -0.25) is 37.2 Å². The summed E-state index contributed by atoms with van der Waals surface area (Å²) < 4.78 is 22.9. The van der Waals surface area contributed by atoms with Crippen LogP contribution in [-0.4, -0.2) is 171 Å². The maximum atomic E-state index is 13.3. The number of Topliss-reactive ketones (excluding diaryl/α,β-unsaturated/α-hetero) is 2. The van der Waals surface area contributed by atoms with Gasteiger partial charge in [0.05, 0.1) is 56.0 Å². The normalized spacial score (nSPS) is 13.4. The summed E-state index contributed by atoms with van der Waals surface area (Å²) >= 11 is 25.6. The Hall–Kier alpha value is -6.86. The molecule has 19 rings (SSSR count). The number of carboxylic acid groups (broad SMARTS) is 1. The molecule has 0 saturated heterocycles. The molecule has 0 atom stereocenters. The van der Waals surface area contributed by atoms with E-state index in [-0.39, 0.29) is 24.6 Å². The standard InChI is InChI=1S/C25H23N7OS.C20H18BrN7O.C13H11BrN6O2.C12H9BrN6O2.CHI3.CH2I2.CH3I.CH4/c1-15-3-5-17(12-26-15)6-9-22(33)19-11-20(32-24(18-7-8-18)28-29-30-32)25-27-13-21(31(25)14-19)23-10-4-16(2)34-23;1-12-2-3-13(9-22-12)4-7-17(29)15-8-16(20-23-10-18(21)27(20)11-15)28-19(14-5-6-14)24-25-26-28;1-22-13(21)8-4-9(12-15-5-10(14)19(12)6-8)20-11(7-2-3-7)16-17-18-20;13-9-4-14-11-8(3-7(12(20)21)5-18(9)11)19-10(6-1-2-6)15-16-17-19;2-1(3)4;2-1-3;1-2;/h3-5,10-14,18H,6-9H2,1-2H3;2-3,8-11,14H,4-7H2,1H3;4-7H,2-3H2,1H3;3-6H,1-2H2,(H,20,21);1H;1H2;1H3;1H4. The van der Waals surface area contributed by atoms with Gasteiger partial charge in [-0.1, -0.05) is 155 Å². The molecule has 32 nitrogen and oxygen atoms in total. The van der Waals surface area contributed by atoms with Crippen LogP contribution in [0.5, 0.6) is 0 Å². The molecular weight excluding hydrogens is 2380 g/mol. The molecule has 4 saturated carbocycles. The van der Waals surface area contributed by atoms with E-state index in [0.717, 1.165) is 128 Å². The molecule has 0 bridgehead atoms.